The van der Waals surface area contributed by atoms with Crippen molar-refractivity contribution in [3.63, 3.8) is 0 Å². The summed E-state index contributed by atoms with van der Waals surface area (Å²) in [6.07, 6.45) is 3.19. The van der Waals surface area contributed by atoms with E-state index in [1.807, 2.05) is 44.2 Å². The number of aryl methyl sites for hydroxylation is 2. The Balaban J connectivity index is 0.924. The van der Waals surface area contributed by atoms with Gasteiger partial charge in [-0.3, -0.25) is 9.59 Å². The lowest BCUT2D eigenvalue weighted by atomic mass is 10.0. The Hall–Kier alpha value is -6.57. The zero-order valence-corrected chi connectivity index (χ0v) is 30.8. The first-order chi connectivity index (χ1) is 26.5. The Labute approximate surface area is 314 Å². The number of aromatic nitrogens is 7. The number of piperazine rings is 1. The number of hydrogen-bond acceptors (Lipinski definition) is 9. The van der Waals surface area contributed by atoms with E-state index in [4.69, 9.17) is 4.98 Å². The molecule has 0 spiro atoms. The van der Waals surface area contributed by atoms with Crippen molar-refractivity contribution >= 4 is 45.2 Å². The Morgan fingerprint density at radius 1 is 0.891 bits per heavy atom. The highest BCUT2D eigenvalue weighted by Crippen LogP contribution is 2.31. The number of carbonyl (C=O) groups excluding carboxylic acids is 1. The van der Waals surface area contributed by atoms with Gasteiger partial charge in [0.05, 0.1) is 45.8 Å². The number of fused-ring (bicyclic) bond motifs is 2. The number of rotatable bonds is 8. The average molecular weight is 741 g/mol. The molecule has 2 N–H and O–H groups in total. The van der Waals surface area contributed by atoms with Gasteiger partial charge < -0.3 is 19.7 Å². The van der Waals surface area contributed by atoms with Gasteiger partial charge in [0.1, 0.15) is 23.2 Å². The third kappa shape index (κ3) is 6.86. The molecule has 0 saturated carbocycles. The molecule has 278 valence electrons. The minimum atomic E-state index is -0.593. The van der Waals surface area contributed by atoms with Crippen molar-refractivity contribution < 1.29 is 13.6 Å². The number of benzene rings is 3. The van der Waals surface area contributed by atoms with Crippen LogP contribution in [0.3, 0.4) is 0 Å². The second-order valence-electron chi connectivity index (χ2n) is 14.0. The third-order valence-electron chi connectivity index (χ3n) is 10.0. The first-order valence-electron chi connectivity index (χ1n) is 18.1. The first-order valence-corrected chi connectivity index (χ1v) is 18.1. The minimum Gasteiger partial charge on any atom is -0.367 e. The van der Waals surface area contributed by atoms with Crippen LogP contribution in [0, 0.1) is 25.5 Å². The summed E-state index contributed by atoms with van der Waals surface area (Å²) in [5.74, 6) is 0.0656. The minimum absolute atomic E-state index is 0.00380. The molecule has 55 heavy (non-hydrogen) atoms. The van der Waals surface area contributed by atoms with Gasteiger partial charge in [-0.2, -0.15) is 5.10 Å². The molecule has 0 atom stereocenters. The van der Waals surface area contributed by atoms with Gasteiger partial charge in [0.2, 0.25) is 5.95 Å². The standard InChI is InChI=1S/C41H38F2N10O2/c1-23(2)53-25(4)46-37-24(3)17-27(20-35(37)53)38-33(43)22-45-41(48-38)47-36-12-10-28(21-44-36)51-13-15-52(16-14-51)40(55)31-18-26(9-11-32(31)42)19-34-29-7-5-6-8-30(29)39(54)50-49-34/h5-12,17-18,20-23H,13-16,19H2,1-4H3,(H,50,54)(H,44,45,47,48). The summed E-state index contributed by atoms with van der Waals surface area (Å²) in [7, 11) is 0. The van der Waals surface area contributed by atoms with Crippen LogP contribution in [-0.2, 0) is 6.42 Å². The largest absolute Gasteiger partial charge is 0.367 e. The molecule has 8 rings (SSSR count). The topological polar surface area (TPSA) is 138 Å². The van der Waals surface area contributed by atoms with Crippen LogP contribution >= 0.6 is 0 Å². The molecule has 5 heterocycles. The molecule has 0 radical (unpaired) electrons. The van der Waals surface area contributed by atoms with Crippen molar-refractivity contribution in [2.24, 2.45) is 0 Å². The first kappa shape index (κ1) is 35.5. The number of anilines is 3. The molecule has 7 aromatic rings. The number of imidazole rings is 1. The number of pyridine rings is 1. The van der Waals surface area contributed by atoms with E-state index < -0.39 is 11.6 Å². The van der Waals surface area contributed by atoms with E-state index in [0.717, 1.165) is 34.3 Å². The van der Waals surface area contributed by atoms with Crippen LogP contribution in [0.5, 0.6) is 0 Å². The van der Waals surface area contributed by atoms with E-state index in [1.54, 1.807) is 41.4 Å². The number of nitrogens with zero attached hydrogens (tertiary/aromatic N) is 8. The molecule has 3 aromatic carbocycles. The van der Waals surface area contributed by atoms with Crippen molar-refractivity contribution in [3.8, 4) is 11.3 Å². The zero-order chi connectivity index (χ0) is 38.4. The Kier molecular flexibility index (Phi) is 9.25. The van der Waals surface area contributed by atoms with Gasteiger partial charge in [0, 0.05) is 49.6 Å². The molecule has 12 nitrogen and oxygen atoms in total. The molecule has 1 fully saturated rings. The van der Waals surface area contributed by atoms with Crippen molar-refractivity contribution in [3.05, 3.63) is 129 Å². The van der Waals surface area contributed by atoms with Crippen molar-refractivity contribution in [1.82, 2.24) is 39.6 Å². The van der Waals surface area contributed by atoms with Gasteiger partial charge >= 0.3 is 0 Å². The normalized spacial score (nSPS) is 13.3. The van der Waals surface area contributed by atoms with Crippen LogP contribution in [0.2, 0.25) is 0 Å². The highest BCUT2D eigenvalue weighted by Gasteiger charge is 2.25. The summed E-state index contributed by atoms with van der Waals surface area (Å²) in [5, 5.41) is 11.1. The maximum absolute atomic E-state index is 15.1. The highest BCUT2D eigenvalue weighted by molar-refractivity contribution is 5.95. The molecule has 4 aromatic heterocycles. The molecule has 1 amide bonds. The van der Waals surface area contributed by atoms with Crippen LogP contribution in [0.4, 0.5) is 26.2 Å². The van der Waals surface area contributed by atoms with Crippen LogP contribution in [0.15, 0.2) is 83.9 Å². The van der Waals surface area contributed by atoms with Crippen molar-refractivity contribution in [2.75, 3.05) is 36.4 Å². The predicted octanol–water partition coefficient (Wildman–Crippen LogP) is 6.90. The monoisotopic (exact) mass is 740 g/mol. The van der Waals surface area contributed by atoms with E-state index >= 15 is 8.78 Å². The van der Waals surface area contributed by atoms with Gasteiger partial charge in [-0.1, -0.05) is 24.3 Å². The van der Waals surface area contributed by atoms with E-state index in [-0.39, 0.29) is 34.7 Å². The zero-order valence-electron chi connectivity index (χ0n) is 30.8. The van der Waals surface area contributed by atoms with Gasteiger partial charge in [-0.25, -0.2) is 33.8 Å². The Bertz CT molecular complexity index is 2650. The average Bonchev–Trinajstić information content (AvgIpc) is 3.54. The van der Waals surface area contributed by atoms with Crippen LogP contribution in [-0.4, -0.2) is 71.7 Å². The van der Waals surface area contributed by atoms with Gasteiger partial charge in [-0.15, -0.1) is 0 Å². The number of nitrogens with one attached hydrogen (secondary N) is 2. The number of halogens is 2. The van der Waals surface area contributed by atoms with E-state index in [0.29, 0.717) is 66.0 Å². The van der Waals surface area contributed by atoms with E-state index in [2.05, 4.69) is 53.8 Å². The molecule has 0 unspecified atom stereocenters. The summed E-state index contributed by atoms with van der Waals surface area (Å²) >= 11 is 0. The molecule has 14 heteroatoms. The lowest BCUT2D eigenvalue weighted by Crippen LogP contribution is -2.49. The fourth-order valence-electron chi connectivity index (χ4n) is 7.34. The lowest BCUT2D eigenvalue weighted by Gasteiger charge is -2.36. The van der Waals surface area contributed by atoms with Crippen LogP contribution in [0.1, 0.15) is 52.9 Å². The third-order valence-corrected chi connectivity index (χ3v) is 10.0. The molecule has 0 aliphatic carbocycles. The quantitative estimate of drug-likeness (QED) is 0.171. The molecule has 0 bridgehead atoms. The molecule has 1 aliphatic rings. The number of aromatic amines is 1. The SMILES string of the molecule is Cc1cc(-c2nc(Nc3ccc(N4CCN(C(=O)c5cc(Cc6n[nH]c(=O)c7ccccc67)ccc5F)CC4)cn3)ncc2F)cc2c1nc(C)n2C(C)C. The van der Waals surface area contributed by atoms with E-state index in [1.165, 1.54) is 6.07 Å². The summed E-state index contributed by atoms with van der Waals surface area (Å²) < 4.78 is 32.3. The summed E-state index contributed by atoms with van der Waals surface area (Å²) in [5.41, 5.74) is 5.44. The van der Waals surface area contributed by atoms with Gasteiger partial charge in [0.15, 0.2) is 5.82 Å². The van der Waals surface area contributed by atoms with Gasteiger partial charge in [0.25, 0.3) is 11.5 Å². The number of hydrogen-bond donors (Lipinski definition) is 2. The molecular weight excluding hydrogens is 703 g/mol. The highest BCUT2D eigenvalue weighted by atomic mass is 19.1. The number of carbonyl (C=O) groups is 1. The maximum Gasteiger partial charge on any atom is 0.272 e. The molecular formula is C41H38F2N10O2. The lowest BCUT2D eigenvalue weighted by molar-refractivity contribution is 0.0742. The predicted molar refractivity (Wildman–Crippen MR) is 208 cm³/mol. The van der Waals surface area contributed by atoms with E-state index in [9.17, 15) is 9.59 Å². The Morgan fingerprint density at radius 3 is 2.42 bits per heavy atom. The smallest absolute Gasteiger partial charge is 0.272 e. The fourth-order valence-corrected chi connectivity index (χ4v) is 7.34. The summed E-state index contributed by atoms with van der Waals surface area (Å²) in [6.45, 7) is 9.94. The number of amides is 1. The second kappa shape index (κ2) is 14.3. The van der Waals surface area contributed by atoms with Crippen molar-refractivity contribution in [2.45, 2.75) is 40.2 Å². The number of H-pyrrole nitrogens is 1. The second-order valence-corrected chi connectivity index (χ2v) is 14.0. The summed E-state index contributed by atoms with van der Waals surface area (Å²) in [4.78, 5) is 47.5. The maximum atomic E-state index is 15.1. The molecule has 1 saturated heterocycles. The molecule has 1 aliphatic heterocycles. The van der Waals surface area contributed by atoms with Crippen LogP contribution in [0.25, 0.3) is 33.1 Å². The van der Waals surface area contributed by atoms with Gasteiger partial charge in [-0.05, 0) is 81.3 Å². The fraction of sp³-hybridized carbons (Fsp3) is 0.244. The van der Waals surface area contributed by atoms with Crippen LogP contribution < -0.4 is 15.8 Å². The summed E-state index contributed by atoms with van der Waals surface area (Å²) in [6, 6.07) is 19.4. The van der Waals surface area contributed by atoms with Crippen molar-refractivity contribution in [1.29, 1.82) is 0 Å². The Morgan fingerprint density at radius 2 is 1.67 bits per heavy atom.